The number of nitrogens with zero attached hydrogens (tertiary/aromatic N) is 2. The molecule has 2 N–H and O–H groups in total. The molecule has 0 saturated carbocycles. The number of hydrogen-bond acceptors (Lipinski definition) is 6. The van der Waals surface area contributed by atoms with E-state index in [1.54, 1.807) is 24.3 Å². The number of benzene rings is 3. The average molecular weight is 412 g/mol. The fourth-order valence-electron chi connectivity index (χ4n) is 2.87. The number of nitro groups is 2. The van der Waals surface area contributed by atoms with Crippen molar-refractivity contribution in [3.8, 4) is 0 Å². The number of rotatable bonds is 7. The van der Waals surface area contributed by atoms with Crippen LogP contribution in [0.5, 0.6) is 0 Å². The molecule has 0 radical (unpaired) electrons. The lowest BCUT2D eigenvalue weighted by molar-refractivity contribution is -0.385. The molecule has 0 spiro atoms. The quantitative estimate of drug-likeness (QED) is 0.343. The van der Waals surface area contributed by atoms with Crippen molar-refractivity contribution in [3.63, 3.8) is 0 Å². The average Bonchev–Trinajstić information content (AvgIpc) is 2.74. The van der Waals surface area contributed by atoms with Gasteiger partial charge < -0.3 is 10.2 Å². The minimum atomic E-state index is -1.61. The van der Waals surface area contributed by atoms with Crippen LogP contribution in [-0.4, -0.2) is 20.1 Å². The predicted octanol–water partition coefficient (Wildman–Crippen LogP) is 3.99. The van der Waals surface area contributed by atoms with Crippen molar-refractivity contribution >= 4 is 24.6 Å². The summed E-state index contributed by atoms with van der Waals surface area (Å²) in [5, 5.41) is 44.5. The molecule has 0 bridgehead atoms. The zero-order valence-corrected chi connectivity index (χ0v) is 15.9. The molecule has 0 fully saturated rings. The monoisotopic (exact) mass is 412 g/mol. The van der Waals surface area contributed by atoms with Crippen LogP contribution in [0.15, 0.2) is 78.9 Å². The normalized spacial score (nSPS) is 14.0. The van der Waals surface area contributed by atoms with Gasteiger partial charge in [-0.15, -0.1) is 0 Å². The standard InChI is InChI=1S/C20H17N2O6P/c23-19(14-6-10-16(11-7-14)21(25)26)29(18-4-2-1-3-5-18)20(24)15-8-12-17(13-9-15)22(27)28/h1-13,19-20,23-24H. The molecular weight excluding hydrogens is 395 g/mol. The molecule has 2 atom stereocenters. The number of nitro benzene ring substituents is 2. The Bertz CT molecular complexity index is 932. The minimum Gasteiger partial charge on any atom is -0.383 e. The first kappa shape index (κ1) is 20.5. The lowest BCUT2D eigenvalue weighted by Crippen LogP contribution is -2.13. The van der Waals surface area contributed by atoms with E-state index in [0.29, 0.717) is 11.1 Å². The first-order valence-electron chi connectivity index (χ1n) is 8.56. The molecule has 0 saturated heterocycles. The van der Waals surface area contributed by atoms with Crippen LogP contribution < -0.4 is 5.30 Å². The van der Waals surface area contributed by atoms with E-state index in [-0.39, 0.29) is 11.4 Å². The van der Waals surface area contributed by atoms with E-state index in [0.717, 1.165) is 5.30 Å². The smallest absolute Gasteiger partial charge is 0.269 e. The molecule has 0 amide bonds. The molecule has 0 heterocycles. The van der Waals surface area contributed by atoms with Crippen LogP contribution in [0, 0.1) is 20.2 Å². The van der Waals surface area contributed by atoms with Crippen molar-refractivity contribution in [2.24, 2.45) is 0 Å². The lowest BCUT2D eigenvalue weighted by Gasteiger charge is -2.29. The summed E-state index contributed by atoms with van der Waals surface area (Å²) in [6, 6.07) is 20.0. The Labute approximate surface area is 167 Å². The molecular formula is C20H17N2O6P. The molecule has 3 rings (SSSR count). The van der Waals surface area contributed by atoms with E-state index in [1.807, 2.05) is 6.07 Å². The highest BCUT2D eigenvalue weighted by atomic mass is 31.1. The molecule has 0 aliphatic heterocycles. The van der Waals surface area contributed by atoms with Gasteiger partial charge in [0.2, 0.25) is 0 Å². The highest BCUT2D eigenvalue weighted by Crippen LogP contribution is 2.58. The molecule has 2 unspecified atom stereocenters. The summed E-state index contributed by atoms with van der Waals surface area (Å²) in [6.45, 7) is 0. The number of non-ortho nitro benzene ring substituents is 2. The molecule has 29 heavy (non-hydrogen) atoms. The summed E-state index contributed by atoms with van der Waals surface area (Å²) >= 11 is 0. The van der Waals surface area contributed by atoms with Gasteiger partial charge in [0, 0.05) is 24.3 Å². The van der Waals surface area contributed by atoms with Crippen molar-refractivity contribution in [1.82, 2.24) is 0 Å². The van der Waals surface area contributed by atoms with Gasteiger partial charge in [-0.05, 0) is 48.6 Å². The molecule has 3 aromatic carbocycles. The van der Waals surface area contributed by atoms with Crippen LogP contribution in [0.3, 0.4) is 0 Å². The maximum Gasteiger partial charge on any atom is 0.269 e. The zero-order valence-electron chi connectivity index (χ0n) is 15.0. The SMILES string of the molecule is O=[N+]([O-])c1ccc(C(O)P(c2ccccc2)C(O)c2ccc([N+](=O)[O-])cc2)cc1. The van der Waals surface area contributed by atoms with Crippen LogP contribution >= 0.6 is 7.92 Å². The lowest BCUT2D eigenvalue weighted by atomic mass is 10.2. The van der Waals surface area contributed by atoms with Crippen molar-refractivity contribution in [1.29, 1.82) is 0 Å². The van der Waals surface area contributed by atoms with Crippen LogP contribution in [-0.2, 0) is 0 Å². The number of aliphatic hydroxyl groups is 2. The van der Waals surface area contributed by atoms with Gasteiger partial charge in [-0.2, -0.15) is 0 Å². The van der Waals surface area contributed by atoms with Gasteiger partial charge in [0.15, 0.2) is 0 Å². The van der Waals surface area contributed by atoms with Gasteiger partial charge in [-0.1, -0.05) is 30.3 Å². The van der Waals surface area contributed by atoms with E-state index in [4.69, 9.17) is 0 Å². The maximum absolute atomic E-state index is 11.0. The highest BCUT2D eigenvalue weighted by molar-refractivity contribution is 7.65. The number of hydrogen-bond donors (Lipinski definition) is 2. The Balaban J connectivity index is 1.98. The van der Waals surface area contributed by atoms with Crippen molar-refractivity contribution in [3.05, 3.63) is 110 Å². The second kappa shape index (κ2) is 8.87. The molecule has 148 valence electrons. The summed E-state index contributed by atoms with van der Waals surface area (Å²) < 4.78 is 0. The second-order valence-corrected chi connectivity index (χ2v) is 8.50. The Kier molecular flexibility index (Phi) is 6.29. The van der Waals surface area contributed by atoms with Gasteiger partial charge in [0.05, 0.1) is 9.85 Å². The molecule has 0 aromatic heterocycles. The summed E-state index contributed by atoms with van der Waals surface area (Å²) in [4.78, 5) is 20.7. The first-order valence-corrected chi connectivity index (χ1v) is 10.0. The van der Waals surface area contributed by atoms with E-state index in [2.05, 4.69) is 0 Å². The Morgan fingerprint density at radius 3 is 1.38 bits per heavy atom. The predicted molar refractivity (Wildman–Crippen MR) is 109 cm³/mol. The zero-order chi connectivity index (χ0) is 21.0. The van der Waals surface area contributed by atoms with Gasteiger partial charge in [0.25, 0.3) is 11.4 Å². The van der Waals surface area contributed by atoms with Gasteiger partial charge in [0.1, 0.15) is 11.7 Å². The van der Waals surface area contributed by atoms with Crippen LogP contribution in [0.2, 0.25) is 0 Å². The summed E-state index contributed by atoms with van der Waals surface area (Å²) in [6.07, 6.45) is 0. The van der Waals surface area contributed by atoms with Gasteiger partial charge >= 0.3 is 0 Å². The molecule has 9 heteroatoms. The van der Waals surface area contributed by atoms with Gasteiger partial charge in [-0.3, -0.25) is 20.2 Å². The van der Waals surface area contributed by atoms with Crippen molar-refractivity contribution in [2.75, 3.05) is 0 Å². The van der Waals surface area contributed by atoms with E-state index in [1.165, 1.54) is 48.5 Å². The third-order valence-corrected chi connectivity index (χ3v) is 6.93. The van der Waals surface area contributed by atoms with Crippen LogP contribution in [0.1, 0.15) is 22.8 Å². The molecule has 0 aliphatic rings. The largest absolute Gasteiger partial charge is 0.383 e. The first-order chi connectivity index (χ1) is 13.9. The summed E-state index contributed by atoms with van der Waals surface area (Å²) in [7, 11) is -1.61. The molecule has 0 aliphatic carbocycles. The van der Waals surface area contributed by atoms with E-state index >= 15 is 0 Å². The Morgan fingerprint density at radius 1 is 0.655 bits per heavy atom. The van der Waals surface area contributed by atoms with Crippen LogP contribution in [0.25, 0.3) is 0 Å². The molecule has 3 aromatic rings. The van der Waals surface area contributed by atoms with Crippen molar-refractivity contribution < 1.29 is 20.1 Å². The fourth-order valence-corrected chi connectivity index (χ4v) is 5.21. The Morgan fingerprint density at radius 2 is 1.03 bits per heavy atom. The summed E-state index contributed by atoms with van der Waals surface area (Å²) in [5.74, 6) is -2.20. The second-order valence-electron chi connectivity index (χ2n) is 6.19. The molecule has 8 nitrogen and oxygen atoms in total. The third kappa shape index (κ3) is 4.63. The highest BCUT2D eigenvalue weighted by Gasteiger charge is 2.31. The van der Waals surface area contributed by atoms with Crippen LogP contribution in [0.4, 0.5) is 11.4 Å². The number of aliphatic hydroxyl groups excluding tert-OH is 2. The van der Waals surface area contributed by atoms with Crippen molar-refractivity contribution in [2.45, 2.75) is 11.7 Å². The van der Waals surface area contributed by atoms with E-state index in [9.17, 15) is 30.4 Å². The topological polar surface area (TPSA) is 127 Å². The fraction of sp³-hybridized carbons (Fsp3) is 0.100. The summed E-state index contributed by atoms with van der Waals surface area (Å²) in [5.41, 5.74) is 0.680. The van der Waals surface area contributed by atoms with Gasteiger partial charge in [-0.25, -0.2) is 0 Å². The Hall–Kier alpha value is -3.19. The van der Waals surface area contributed by atoms with E-state index < -0.39 is 29.5 Å². The minimum absolute atomic E-state index is 0.0964. The maximum atomic E-state index is 11.0. The third-order valence-electron chi connectivity index (χ3n) is 4.39.